The Bertz CT molecular complexity index is 290. The van der Waals surface area contributed by atoms with Crippen molar-refractivity contribution in [3.05, 3.63) is 0 Å². The molecule has 6 heteroatoms. The lowest BCUT2D eigenvalue weighted by molar-refractivity contribution is -0.139. The molecule has 18 heavy (non-hydrogen) atoms. The van der Waals surface area contributed by atoms with E-state index in [2.05, 4.69) is 0 Å². The van der Waals surface area contributed by atoms with Crippen LogP contribution in [0.25, 0.3) is 0 Å². The van der Waals surface area contributed by atoms with E-state index in [1.54, 1.807) is 6.92 Å². The van der Waals surface area contributed by atoms with Crippen molar-refractivity contribution in [2.75, 3.05) is 13.1 Å². The molecule has 0 radical (unpaired) electrons. The molecule has 0 aromatic rings. The van der Waals surface area contributed by atoms with E-state index in [1.165, 1.54) is 4.90 Å². The summed E-state index contributed by atoms with van der Waals surface area (Å²) in [5, 5.41) is 17.0. The molecule has 0 aliphatic carbocycles. The first kappa shape index (κ1) is 16.4. The minimum atomic E-state index is -0.921. The van der Waals surface area contributed by atoms with Crippen LogP contribution in [0.4, 0.5) is 0 Å². The lowest BCUT2D eigenvalue weighted by atomic mass is 10.2. The number of aliphatic carboxylic acids is 2. The predicted molar refractivity (Wildman–Crippen MR) is 65.2 cm³/mol. The highest BCUT2D eigenvalue weighted by Gasteiger charge is 2.12. The Labute approximate surface area is 107 Å². The molecule has 104 valence electrons. The van der Waals surface area contributed by atoms with Gasteiger partial charge in [0.15, 0.2) is 0 Å². The molecule has 0 rings (SSSR count). The number of carboxylic acid groups (broad SMARTS) is 2. The Balaban J connectivity index is 3.90. The van der Waals surface area contributed by atoms with E-state index in [0.29, 0.717) is 25.8 Å². The largest absolute Gasteiger partial charge is 0.481 e. The van der Waals surface area contributed by atoms with Crippen LogP contribution in [0.2, 0.25) is 0 Å². The van der Waals surface area contributed by atoms with Gasteiger partial charge in [-0.2, -0.15) is 0 Å². The van der Waals surface area contributed by atoms with E-state index in [0.717, 1.165) is 6.42 Å². The SMILES string of the molecule is CCC(=O)N(CCCCCC(=O)O)CCC(=O)O. The molecule has 0 unspecified atom stereocenters. The summed E-state index contributed by atoms with van der Waals surface area (Å²) in [7, 11) is 0. The summed E-state index contributed by atoms with van der Waals surface area (Å²) >= 11 is 0. The van der Waals surface area contributed by atoms with Crippen LogP contribution in [0.15, 0.2) is 0 Å². The van der Waals surface area contributed by atoms with Crippen LogP contribution >= 0.6 is 0 Å². The van der Waals surface area contributed by atoms with Gasteiger partial charge in [0.1, 0.15) is 0 Å². The van der Waals surface area contributed by atoms with Gasteiger partial charge in [-0.15, -0.1) is 0 Å². The molecular formula is C12H21NO5. The monoisotopic (exact) mass is 259 g/mol. The lowest BCUT2D eigenvalue weighted by Crippen LogP contribution is -2.33. The van der Waals surface area contributed by atoms with Crippen LogP contribution in [0.3, 0.4) is 0 Å². The predicted octanol–water partition coefficient (Wildman–Crippen LogP) is 1.34. The van der Waals surface area contributed by atoms with Gasteiger partial charge in [-0.1, -0.05) is 13.3 Å². The zero-order valence-corrected chi connectivity index (χ0v) is 10.7. The number of rotatable bonds is 10. The van der Waals surface area contributed by atoms with E-state index >= 15 is 0 Å². The van der Waals surface area contributed by atoms with Crippen molar-refractivity contribution in [1.82, 2.24) is 4.90 Å². The number of unbranched alkanes of at least 4 members (excludes halogenated alkanes) is 2. The zero-order chi connectivity index (χ0) is 14.0. The fraction of sp³-hybridized carbons (Fsp3) is 0.750. The maximum Gasteiger partial charge on any atom is 0.305 e. The summed E-state index contributed by atoms with van der Waals surface area (Å²) in [5.74, 6) is -1.80. The Morgan fingerprint density at radius 1 is 0.889 bits per heavy atom. The van der Waals surface area contributed by atoms with E-state index in [-0.39, 0.29) is 25.3 Å². The number of hydrogen-bond acceptors (Lipinski definition) is 3. The van der Waals surface area contributed by atoms with Crippen LogP contribution in [-0.4, -0.2) is 46.0 Å². The molecule has 0 spiro atoms. The van der Waals surface area contributed by atoms with Crippen LogP contribution in [-0.2, 0) is 14.4 Å². The molecule has 0 fully saturated rings. The van der Waals surface area contributed by atoms with Gasteiger partial charge in [0.25, 0.3) is 0 Å². The molecule has 0 heterocycles. The normalized spacial score (nSPS) is 10.1. The average Bonchev–Trinajstić information content (AvgIpc) is 2.31. The number of carbonyl (C=O) groups is 3. The number of carbonyl (C=O) groups excluding carboxylic acids is 1. The molecule has 0 atom stereocenters. The smallest absolute Gasteiger partial charge is 0.305 e. The van der Waals surface area contributed by atoms with E-state index in [1.807, 2.05) is 0 Å². The molecule has 1 amide bonds. The quantitative estimate of drug-likeness (QED) is 0.577. The summed E-state index contributed by atoms with van der Waals surface area (Å²) in [4.78, 5) is 33.8. The summed E-state index contributed by atoms with van der Waals surface area (Å²) in [6, 6.07) is 0. The van der Waals surface area contributed by atoms with Gasteiger partial charge in [-0.3, -0.25) is 14.4 Å². The van der Waals surface area contributed by atoms with Gasteiger partial charge in [0.2, 0.25) is 5.91 Å². The zero-order valence-electron chi connectivity index (χ0n) is 10.7. The second-order valence-corrected chi connectivity index (χ2v) is 4.08. The summed E-state index contributed by atoms with van der Waals surface area (Å²) in [5.41, 5.74) is 0. The maximum absolute atomic E-state index is 11.5. The van der Waals surface area contributed by atoms with Crippen molar-refractivity contribution >= 4 is 17.8 Å². The first-order chi connectivity index (χ1) is 8.47. The average molecular weight is 259 g/mol. The maximum atomic E-state index is 11.5. The number of nitrogens with zero attached hydrogens (tertiary/aromatic N) is 1. The molecule has 0 saturated heterocycles. The van der Waals surface area contributed by atoms with Crippen molar-refractivity contribution in [1.29, 1.82) is 0 Å². The van der Waals surface area contributed by atoms with Crippen molar-refractivity contribution < 1.29 is 24.6 Å². The Morgan fingerprint density at radius 2 is 1.50 bits per heavy atom. The Kier molecular flexibility index (Phi) is 8.61. The minimum Gasteiger partial charge on any atom is -0.481 e. The van der Waals surface area contributed by atoms with E-state index < -0.39 is 11.9 Å². The molecule has 6 nitrogen and oxygen atoms in total. The van der Waals surface area contributed by atoms with Gasteiger partial charge in [-0.25, -0.2) is 0 Å². The summed E-state index contributed by atoms with van der Waals surface area (Å²) in [6.45, 7) is 2.46. The van der Waals surface area contributed by atoms with Crippen molar-refractivity contribution in [3.8, 4) is 0 Å². The molecule has 0 aliphatic heterocycles. The molecule has 0 aromatic heterocycles. The molecule has 0 aliphatic rings. The van der Waals surface area contributed by atoms with E-state index in [9.17, 15) is 14.4 Å². The molecule has 2 N–H and O–H groups in total. The first-order valence-corrected chi connectivity index (χ1v) is 6.18. The van der Waals surface area contributed by atoms with Gasteiger partial charge < -0.3 is 15.1 Å². The van der Waals surface area contributed by atoms with Gasteiger partial charge in [0.05, 0.1) is 6.42 Å². The number of hydrogen-bond donors (Lipinski definition) is 2. The number of amides is 1. The molecular weight excluding hydrogens is 238 g/mol. The third kappa shape index (κ3) is 8.55. The van der Waals surface area contributed by atoms with Crippen molar-refractivity contribution in [2.45, 2.75) is 45.4 Å². The van der Waals surface area contributed by atoms with Crippen molar-refractivity contribution in [2.24, 2.45) is 0 Å². The van der Waals surface area contributed by atoms with Crippen molar-refractivity contribution in [3.63, 3.8) is 0 Å². The standard InChI is InChI=1S/C12H21NO5/c1-2-10(14)13(9-7-12(17)18)8-5-3-4-6-11(15)16/h2-9H2,1H3,(H,15,16)(H,17,18). The summed E-state index contributed by atoms with van der Waals surface area (Å²) in [6.07, 6.45) is 2.46. The molecule has 0 saturated carbocycles. The highest BCUT2D eigenvalue weighted by Crippen LogP contribution is 2.04. The molecule has 0 aromatic carbocycles. The van der Waals surface area contributed by atoms with Gasteiger partial charge in [0, 0.05) is 25.9 Å². The second kappa shape index (κ2) is 9.44. The topological polar surface area (TPSA) is 94.9 Å². The first-order valence-electron chi connectivity index (χ1n) is 6.18. The molecule has 0 bridgehead atoms. The Morgan fingerprint density at radius 3 is 2.00 bits per heavy atom. The highest BCUT2D eigenvalue weighted by molar-refractivity contribution is 5.76. The second-order valence-electron chi connectivity index (χ2n) is 4.08. The minimum absolute atomic E-state index is 0.0547. The third-order valence-corrected chi connectivity index (χ3v) is 2.57. The van der Waals surface area contributed by atoms with Crippen LogP contribution in [0.1, 0.15) is 45.4 Å². The fourth-order valence-electron chi connectivity index (χ4n) is 1.57. The number of carboxylic acids is 2. The van der Waals surface area contributed by atoms with Gasteiger partial charge >= 0.3 is 11.9 Å². The Hall–Kier alpha value is -1.59. The fourth-order valence-corrected chi connectivity index (χ4v) is 1.57. The lowest BCUT2D eigenvalue weighted by Gasteiger charge is -2.21. The summed E-state index contributed by atoms with van der Waals surface area (Å²) < 4.78 is 0. The van der Waals surface area contributed by atoms with Gasteiger partial charge in [-0.05, 0) is 12.8 Å². The third-order valence-electron chi connectivity index (χ3n) is 2.57. The van der Waals surface area contributed by atoms with Crippen LogP contribution < -0.4 is 0 Å². The van der Waals surface area contributed by atoms with Crippen LogP contribution in [0, 0.1) is 0 Å². The highest BCUT2D eigenvalue weighted by atomic mass is 16.4. The van der Waals surface area contributed by atoms with E-state index in [4.69, 9.17) is 10.2 Å². The van der Waals surface area contributed by atoms with Crippen LogP contribution in [0.5, 0.6) is 0 Å².